The molecular formula is C18H24N4O. The zero-order chi connectivity index (χ0) is 15.9. The van der Waals surface area contributed by atoms with Gasteiger partial charge in [0, 0.05) is 32.9 Å². The molecule has 0 bridgehead atoms. The number of methoxy groups -OCH3 is 1. The molecule has 0 atom stereocenters. The van der Waals surface area contributed by atoms with Crippen LogP contribution in [-0.2, 0) is 11.2 Å². The monoisotopic (exact) mass is 312 g/mol. The lowest BCUT2D eigenvalue weighted by Gasteiger charge is -2.32. The van der Waals surface area contributed by atoms with Gasteiger partial charge in [-0.2, -0.15) is 4.98 Å². The Morgan fingerprint density at radius 2 is 1.96 bits per heavy atom. The van der Waals surface area contributed by atoms with Crippen molar-refractivity contribution in [2.75, 3.05) is 37.0 Å². The van der Waals surface area contributed by atoms with Crippen molar-refractivity contribution < 1.29 is 4.74 Å². The maximum Gasteiger partial charge on any atom is 0.224 e. The second-order valence-corrected chi connectivity index (χ2v) is 5.82. The number of nitrogens with one attached hydrogen (secondary N) is 1. The molecule has 0 radical (unpaired) electrons. The van der Waals surface area contributed by atoms with Gasteiger partial charge in [-0.15, -0.1) is 0 Å². The summed E-state index contributed by atoms with van der Waals surface area (Å²) in [5.74, 6) is 1.70. The molecule has 1 N–H and O–H groups in total. The van der Waals surface area contributed by atoms with Gasteiger partial charge < -0.3 is 15.0 Å². The lowest BCUT2D eigenvalue weighted by molar-refractivity contribution is 0.0818. The van der Waals surface area contributed by atoms with E-state index in [1.165, 1.54) is 5.56 Å². The third-order valence-corrected chi connectivity index (χ3v) is 4.28. The Labute approximate surface area is 137 Å². The predicted molar refractivity (Wildman–Crippen MR) is 92.9 cm³/mol. The van der Waals surface area contributed by atoms with Crippen molar-refractivity contribution in [3.8, 4) is 0 Å². The highest BCUT2D eigenvalue weighted by atomic mass is 16.5. The van der Waals surface area contributed by atoms with E-state index in [2.05, 4.69) is 44.5 Å². The average Bonchev–Trinajstić information content (AvgIpc) is 2.63. The minimum atomic E-state index is 0.386. The molecule has 122 valence electrons. The maximum absolute atomic E-state index is 5.42. The number of nitrogens with zero attached hydrogens (tertiary/aromatic N) is 3. The smallest absolute Gasteiger partial charge is 0.224 e. The molecule has 1 fully saturated rings. The van der Waals surface area contributed by atoms with Crippen LogP contribution in [0.25, 0.3) is 0 Å². The van der Waals surface area contributed by atoms with Crippen LogP contribution in [0.15, 0.2) is 42.6 Å². The van der Waals surface area contributed by atoms with E-state index in [0.717, 1.165) is 44.7 Å². The Bertz CT molecular complexity index is 597. The van der Waals surface area contributed by atoms with Crippen molar-refractivity contribution in [2.45, 2.75) is 25.4 Å². The first-order chi connectivity index (χ1) is 11.3. The number of aromatic nitrogens is 2. The third-order valence-electron chi connectivity index (χ3n) is 4.28. The summed E-state index contributed by atoms with van der Waals surface area (Å²) in [4.78, 5) is 11.3. The molecule has 3 rings (SSSR count). The summed E-state index contributed by atoms with van der Waals surface area (Å²) in [5.41, 5.74) is 1.32. The van der Waals surface area contributed by atoms with Crippen LogP contribution in [0.2, 0.25) is 0 Å². The van der Waals surface area contributed by atoms with E-state index in [-0.39, 0.29) is 0 Å². The molecule has 1 aliphatic heterocycles. The van der Waals surface area contributed by atoms with E-state index in [4.69, 9.17) is 4.74 Å². The van der Waals surface area contributed by atoms with Crippen molar-refractivity contribution in [1.29, 1.82) is 0 Å². The largest absolute Gasteiger partial charge is 0.381 e. The molecule has 0 spiro atoms. The maximum atomic E-state index is 5.42. The molecule has 1 aromatic heterocycles. The van der Waals surface area contributed by atoms with Crippen LogP contribution >= 0.6 is 0 Å². The first kappa shape index (κ1) is 15.7. The molecule has 1 aliphatic rings. The molecule has 0 amide bonds. The molecule has 0 unspecified atom stereocenters. The minimum absolute atomic E-state index is 0.386. The van der Waals surface area contributed by atoms with Gasteiger partial charge in [0.15, 0.2) is 0 Å². The second kappa shape index (κ2) is 7.92. The summed E-state index contributed by atoms with van der Waals surface area (Å²) in [5, 5.41) is 3.32. The van der Waals surface area contributed by atoms with Gasteiger partial charge >= 0.3 is 0 Å². The van der Waals surface area contributed by atoms with E-state index in [9.17, 15) is 0 Å². The fourth-order valence-electron chi connectivity index (χ4n) is 2.89. The molecule has 5 nitrogen and oxygen atoms in total. The number of piperidine rings is 1. The summed E-state index contributed by atoms with van der Waals surface area (Å²) in [6, 6.07) is 12.4. The highest BCUT2D eigenvalue weighted by Crippen LogP contribution is 2.19. The normalized spacial score (nSPS) is 15.6. The van der Waals surface area contributed by atoms with E-state index in [0.29, 0.717) is 12.1 Å². The Kier molecular flexibility index (Phi) is 5.42. The summed E-state index contributed by atoms with van der Waals surface area (Å²) in [7, 11) is 1.79. The molecular weight excluding hydrogens is 288 g/mol. The first-order valence-electron chi connectivity index (χ1n) is 8.24. The molecule has 1 saturated heterocycles. The molecule has 0 saturated carbocycles. The Morgan fingerprint density at radius 1 is 1.17 bits per heavy atom. The van der Waals surface area contributed by atoms with E-state index in [1.807, 2.05) is 18.3 Å². The van der Waals surface area contributed by atoms with E-state index in [1.54, 1.807) is 7.11 Å². The molecule has 0 aliphatic carbocycles. The van der Waals surface area contributed by atoms with Crippen molar-refractivity contribution in [3.05, 3.63) is 48.2 Å². The van der Waals surface area contributed by atoms with Crippen molar-refractivity contribution in [3.63, 3.8) is 0 Å². The fourth-order valence-corrected chi connectivity index (χ4v) is 2.89. The molecule has 5 heteroatoms. The lowest BCUT2D eigenvalue weighted by Crippen LogP contribution is -2.37. The van der Waals surface area contributed by atoms with Crippen molar-refractivity contribution in [1.82, 2.24) is 9.97 Å². The van der Waals surface area contributed by atoms with Gasteiger partial charge in [0.2, 0.25) is 5.95 Å². The zero-order valence-electron chi connectivity index (χ0n) is 13.6. The molecule has 23 heavy (non-hydrogen) atoms. The number of rotatable bonds is 6. The Hall–Kier alpha value is -2.14. The summed E-state index contributed by atoms with van der Waals surface area (Å²) < 4.78 is 5.42. The predicted octanol–water partition coefficient (Wildman–Crippen LogP) is 2.75. The number of ether oxygens (including phenoxy) is 1. The number of anilines is 2. The van der Waals surface area contributed by atoms with Crippen LogP contribution in [-0.4, -0.2) is 42.8 Å². The van der Waals surface area contributed by atoms with Gasteiger partial charge in [0.1, 0.15) is 5.82 Å². The van der Waals surface area contributed by atoms with Gasteiger partial charge in [-0.3, -0.25) is 0 Å². The summed E-state index contributed by atoms with van der Waals surface area (Å²) in [6.45, 7) is 2.80. The van der Waals surface area contributed by atoms with Crippen LogP contribution in [0, 0.1) is 0 Å². The number of hydrogen-bond donors (Lipinski definition) is 1. The van der Waals surface area contributed by atoms with Gasteiger partial charge in [-0.25, -0.2) is 4.98 Å². The minimum Gasteiger partial charge on any atom is -0.381 e. The molecule has 1 aromatic carbocycles. The van der Waals surface area contributed by atoms with Crippen LogP contribution in [0.1, 0.15) is 18.4 Å². The highest BCUT2D eigenvalue weighted by molar-refractivity contribution is 5.43. The summed E-state index contributed by atoms with van der Waals surface area (Å²) >= 11 is 0. The van der Waals surface area contributed by atoms with Crippen LogP contribution in [0.5, 0.6) is 0 Å². The van der Waals surface area contributed by atoms with Crippen LogP contribution in [0.3, 0.4) is 0 Å². The topological polar surface area (TPSA) is 50.3 Å². The number of hydrogen-bond acceptors (Lipinski definition) is 5. The second-order valence-electron chi connectivity index (χ2n) is 5.82. The first-order valence-corrected chi connectivity index (χ1v) is 8.24. The van der Waals surface area contributed by atoms with E-state index < -0.39 is 0 Å². The fraction of sp³-hybridized carbons (Fsp3) is 0.444. The summed E-state index contributed by atoms with van der Waals surface area (Å²) in [6.07, 6.45) is 5.29. The lowest BCUT2D eigenvalue weighted by atomic mass is 10.1. The van der Waals surface area contributed by atoms with Gasteiger partial charge in [-0.05, 0) is 30.9 Å². The van der Waals surface area contributed by atoms with E-state index >= 15 is 0 Å². The third kappa shape index (κ3) is 4.42. The highest BCUT2D eigenvalue weighted by Gasteiger charge is 2.19. The standard InChI is InChI=1S/C18H24N4O/c1-23-16-9-13-22(14-10-16)17-8-12-20-18(21-17)19-11-7-15-5-3-2-4-6-15/h2-6,8,12,16H,7,9-11,13-14H2,1H3,(H,19,20,21). The SMILES string of the molecule is COC1CCN(c2ccnc(NCCc3ccccc3)n2)CC1. The van der Waals surface area contributed by atoms with Gasteiger partial charge in [0.05, 0.1) is 6.10 Å². The van der Waals surface area contributed by atoms with Crippen molar-refractivity contribution in [2.24, 2.45) is 0 Å². The molecule has 2 aromatic rings. The Balaban J connectivity index is 1.53. The zero-order valence-corrected chi connectivity index (χ0v) is 13.6. The van der Waals surface area contributed by atoms with Crippen LogP contribution < -0.4 is 10.2 Å². The van der Waals surface area contributed by atoms with Gasteiger partial charge in [0.25, 0.3) is 0 Å². The van der Waals surface area contributed by atoms with Crippen molar-refractivity contribution >= 4 is 11.8 Å². The molecule has 2 heterocycles. The Morgan fingerprint density at radius 3 is 2.70 bits per heavy atom. The quantitative estimate of drug-likeness (QED) is 0.889. The van der Waals surface area contributed by atoms with Gasteiger partial charge in [-0.1, -0.05) is 30.3 Å². The number of benzene rings is 1. The average molecular weight is 312 g/mol. The van der Waals surface area contributed by atoms with Crippen LogP contribution in [0.4, 0.5) is 11.8 Å².